The number of ether oxygens (including phenoxy) is 2. The van der Waals surface area contributed by atoms with Crippen LogP contribution in [0.15, 0.2) is 10.2 Å². The normalized spacial score (nSPS) is 21.8. The van der Waals surface area contributed by atoms with Crippen LogP contribution in [0.2, 0.25) is 0 Å². The molecular formula is C28H49N5O7. The number of nitrogens with zero attached hydrogens (tertiary/aromatic N) is 2. The maximum absolute atomic E-state index is 13.2. The van der Waals surface area contributed by atoms with E-state index < -0.39 is 41.7 Å². The van der Waals surface area contributed by atoms with Gasteiger partial charge in [0, 0.05) is 13.7 Å². The number of amides is 4. The van der Waals surface area contributed by atoms with Gasteiger partial charge in [-0.05, 0) is 78.1 Å². The smallest absolute Gasteiger partial charge is 0.407 e. The summed E-state index contributed by atoms with van der Waals surface area (Å²) in [4.78, 5) is 49.5. The maximum Gasteiger partial charge on any atom is 0.407 e. The fourth-order valence-electron chi connectivity index (χ4n) is 5.20. The number of carboxylic acid groups (broad SMARTS) is 1. The van der Waals surface area contributed by atoms with E-state index in [0.717, 1.165) is 57.8 Å². The van der Waals surface area contributed by atoms with Crippen LogP contribution in [0.25, 0.3) is 0 Å². The van der Waals surface area contributed by atoms with Crippen LogP contribution in [-0.4, -0.2) is 72.6 Å². The van der Waals surface area contributed by atoms with E-state index in [1.807, 2.05) is 0 Å². The Morgan fingerprint density at radius 3 is 2.20 bits per heavy atom. The second-order valence-corrected chi connectivity index (χ2v) is 11.9. The highest BCUT2D eigenvalue weighted by atomic mass is 16.6. The SMILES string of the molecule is COC1CCC(N=NC(=O)NC(CC2CCCCC2)C(=O)NC(CCCCNC(=O)OC(C)(C)C)C(=O)O)CC1. The van der Waals surface area contributed by atoms with Crippen LogP contribution in [0.3, 0.4) is 0 Å². The van der Waals surface area contributed by atoms with E-state index in [0.29, 0.717) is 25.8 Å². The largest absolute Gasteiger partial charge is 0.480 e. The Morgan fingerprint density at radius 1 is 0.925 bits per heavy atom. The fourth-order valence-corrected chi connectivity index (χ4v) is 5.20. The highest BCUT2D eigenvalue weighted by Crippen LogP contribution is 2.28. The predicted molar refractivity (Wildman–Crippen MR) is 149 cm³/mol. The van der Waals surface area contributed by atoms with E-state index in [4.69, 9.17) is 9.47 Å². The van der Waals surface area contributed by atoms with Crippen LogP contribution < -0.4 is 16.0 Å². The number of rotatable bonds is 13. The zero-order valence-electron chi connectivity index (χ0n) is 24.6. The van der Waals surface area contributed by atoms with Crippen molar-refractivity contribution in [3.8, 4) is 0 Å². The Hall–Kier alpha value is -2.76. The molecule has 0 spiro atoms. The molecule has 4 amide bonds. The Labute approximate surface area is 237 Å². The molecule has 2 aliphatic carbocycles. The monoisotopic (exact) mass is 567 g/mol. The van der Waals surface area contributed by atoms with E-state index in [1.54, 1.807) is 27.9 Å². The van der Waals surface area contributed by atoms with Crippen LogP contribution >= 0.6 is 0 Å². The molecular weight excluding hydrogens is 518 g/mol. The maximum atomic E-state index is 13.2. The minimum atomic E-state index is -1.15. The van der Waals surface area contributed by atoms with Gasteiger partial charge in [-0.2, -0.15) is 5.11 Å². The molecule has 12 heteroatoms. The van der Waals surface area contributed by atoms with Crippen molar-refractivity contribution in [2.24, 2.45) is 16.1 Å². The first-order chi connectivity index (χ1) is 19.0. The molecule has 2 saturated carbocycles. The summed E-state index contributed by atoms with van der Waals surface area (Å²) in [5, 5.41) is 25.7. The van der Waals surface area contributed by atoms with E-state index in [-0.39, 0.29) is 24.5 Å². The van der Waals surface area contributed by atoms with Gasteiger partial charge in [0.05, 0.1) is 12.1 Å². The summed E-state index contributed by atoms with van der Waals surface area (Å²) in [5.74, 6) is -1.41. The second-order valence-electron chi connectivity index (χ2n) is 11.9. The molecule has 40 heavy (non-hydrogen) atoms. The van der Waals surface area contributed by atoms with E-state index in [1.165, 1.54) is 0 Å². The number of alkyl carbamates (subject to hydrolysis) is 1. The van der Waals surface area contributed by atoms with Gasteiger partial charge in [0.2, 0.25) is 5.91 Å². The number of urea groups is 1. The molecule has 2 aliphatic rings. The number of unbranched alkanes of at least 4 members (excludes halogenated alkanes) is 1. The number of carbonyl (C=O) groups is 4. The molecule has 0 radical (unpaired) electrons. The van der Waals surface area contributed by atoms with Gasteiger partial charge in [0.15, 0.2) is 0 Å². The zero-order chi connectivity index (χ0) is 29.5. The molecule has 0 heterocycles. The summed E-state index contributed by atoms with van der Waals surface area (Å²) in [6.45, 7) is 5.64. The third-order valence-electron chi connectivity index (χ3n) is 7.40. The van der Waals surface area contributed by atoms with Crippen LogP contribution in [-0.2, 0) is 19.1 Å². The minimum absolute atomic E-state index is 0.0519. The molecule has 0 aromatic carbocycles. The highest BCUT2D eigenvalue weighted by Gasteiger charge is 2.29. The predicted octanol–water partition coefficient (Wildman–Crippen LogP) is 4.71. The van der Waals surface area contributed by atoms with Crippen molar-refractivity contribution in [2.45, 2.75) is 134 Å². The second kappa shape index (κ2) is 17.1. The Balaban J connectivity index is 1.89. The third-order valence-corrected chi connectivity index (χ3v) is 7.40. The summed E-state index contributed by atoms with van der Waals surface area (Å²) >= 11 is 0. The summed E-state index contributed by atoms with van der Waals surface area (Å²) in [6, 6.07) is -2.75. The fraction of sp³-hybridized carbons (Fsp3) is 0.857. The van der Waals surface area contributed by atoms with E-state index in [9.17, 15) is 24.3 Å². The van der Waals surface area contributed by atoms with Crippen molar-refractivity contribution in [2.75, 3.05) is 13.7 Å². The van der Waals surface area contributed by atoms with E-state index >= 15 is 0 Å². The van der Waals surface area contributed by atoms with Crippen molar-refractivity contribution in [3.63, 3.8) is 0 Å². The van der Waals surface area contributed by atoms with Crippen LogP contribution in [0.4, 0.5) is 9.59 Å². The number of aliphatic carboxylic acids is 1. The van der Waals surface area contributed by atoms with Gasteiger partial charge in [-0.15, -0.1) is 0 Å². The summed E-state index contributed by atoms with van der Waals surface area (Å²) in [7, 11) is 1.69. The van der Waals surface area contributed by atoms with Crippen LogP contribution in [0.1, 0.15) is 104 Å². The van der Waals surface area contributed by atoms with Gasteiger partial charge < -0.3 is 30.5 Å². The molecule has 228 valence electrons. The molecule has 0 aromatic rings. The lowest BCUT2D eigenvalue weighted by Gasteiger charge is -2.27. The summed E-state index contributed by atoms with van der Waals surface area (Å²) < 4.78 is 10.5. The van der Waals surface area contributed by atoms with Crippen molar-refractivity contribution < 1.29 is 33.8 Å². The van der Waals surface area contributed by atoms with Gasteiger partial charge in [-0.3, -0.25) is 4.79 Å². The summed E-state index contributed by atoms with van der Waals surface area (Å²) in [5.41, 5.74) is -0.600. The van der Waals surface area contributed by atoms with Crippen LogP contribution in [0, 0.1) is 5.92 Å². The molecule has 0 aromatic heterocycles. The lowest BCUT2D eigenvalue weighted by molar-refractivity contribution is -0.142. The molecule has 12 nitrogen and oxygen atoms in total. The zero-order valence-corrected chi connectivity index (χ0v) is 24.6. The van der Waals surface area contributed by atoms with E-state index in [2.05, 4.69) is 26.2 Å². The summed E-state index contributed by atoms with van der Waals surface area (Å²) in [6.07, 6.45) is 9.83. The van der Waals surface area contributed by atoms with Gasteiger partial charge >= 0.3 is 18.1 Å². The Kier molecular flexibility index (Phi) is 14.3. The van der Waals surface area contributed by atoms with Crippen LogP contribution in [0.5, 0.6) is 0 Å². The molecule has 0 bridgehead atoms. The molecule has 2 fully saturated rings. The number of methoxy groups -OCH3 is 1. The first kappa shape index (κ1) is 33.4. The number of nitrogens with one attached hydrogen (secondary N) is 3. The van der Waals surface area contributed by atoms with Gasteiger partial charge in [0.1, 0.15) is 17.7 Å². The molecule has 0 saturated heterocycles. The molecule has 2 unspecified atom stereocenters. The first-order valence-corrected chi connectivity index (χ1v) is 14.7. The van der Waals surface area contributed by atoms with Crippen molar-refractivity contribution in [1.82, 2.24) is 16.0 Å². The molecule has 2 rings (SSSR count). The van der Waals surface area contributed by atoms with Crippen molar-refractivity contribution >= 4 is 24.0 Å². The molecule has 0 aliphatic heterocycles. The number of hydrogen-bond donors (Lipinski definition) is 4. The number of azo groups is 1. The first-order valence-electron chi connectivity index (χ1n) is 14.7. The standard InChI is InChI=1S/C28H49N5O7/c1-28(2,3)40-27(38)29-17-9-8-12-22(25(35)36)30-24(34)23(18-19-10-6-5-7-11-19)31-26(37)33-32-20-13-15-21(39-4)16-14-20/h19-23H,5-18H2,1-4H3,(H,29,38)(H,30,34)(H,31,37)(H,35,36). The van der Waals surface area contributed by atoms with Crippen molar-refractivity contribution in [3.05, 3.63) is 0 Å². The number of hydrogen-bond acceptors (Lipinski definition) is 7. The Morgan fingerprint density at radius 2 is 1.60 bits per heavy atom. The molecule has 2 atom stereocenters. The molecule has 4 N–H and O–H groups in total. The topological polar surface area (TPSA) is 168 Å². The van der Waals surface area contributed by atoms with Gasteiger partial charge in [-0.25, -0.2) is 14.4 Å². The Bertz CT molecular complexity index is 846. The van der Waals surface area contributed by atoms with Crippen molar-refractivity contribution in [1.29, 1.82) is 0 Å². The number of carboxylic acids is 1. The minimum Gasteiger partial charge on any atom is -0.480 e. The van der Waals surface area contributed by atoms with Gasteiger partial charge in [0.25, 0.3) is 0 Å². The highest BCUT2D eigenvalue weighted by molar-refractivity contribution is 5.90. The van der Waals surface area contributed by atoms with Gasteiger partial charge in [-0.1, -0.05) is 37.2 Å². The number of carbonyl (C=O) groups excluding carboxylic acids is 3. The quantitative estimate of drug-likeness (QED) is 0.185. The lowest BCUT2D eigenvalue weighted by Crippen LogP contribution is -2.51. The average molecular weight is 568 g/mol. The third kappa shape index (κ3) is 13.5. The lowest BCUT2D eigenvalue weighted by atomic mass is 9.84. The average Bonchev–Trinajstić information content (AvgIpc) is 2.90.